The second-order valence-electron chi connectivity index (χ2n) is 3.96. The van der Waals surface area contributed by atoms with Crippen molar-refractivity contribution in [2.24, 2.45) is 5.84 Å². The molecule has 10 nitrogen and oxygen atoms in total. The van der Waals surface area contributed by atoms with Gasteiger partial charge < -0.3 is 9.97 Å². The van der Waals surface area contributed by atoms with E-state index in [4.69, 9.17) is 5.84 Å². The number of nitrogens with one attached hydrogen (secondary N) is 3. The fourth-order valence-electron chi connectivity index (χ4n) is 1.89. The Morgan fingerprint density at radius 2 is 1.95 bits per heavy atom. The Kier molecular flexibility index (Phi) is 3.08. The van der Waals surface area contributed by atoms with Crippen LogP contribution in [0.25, 0.3) is 11.0 Å². The van der Waals surface area contributed by atoms with Gasteiger partial charge in [0.25, 0.3) is 11.6 Å². The van der Waals surface area contributed by atoms with Crippen LogP contribution in [0, 0.1) is 17.0 Å². The zero-order valence-electron chi connectivity index (χ0n) is 10.1. The molecule has 0 atom stereocenters. The van der Waals surface area contributed by atoms with E-state index in [9.17, 15) is 24.5 Å². The minimum atomic E-state index is -0.977. The summed E-state index contributed by atoms with van der Waals surface area (Å²) in [6.07, 6.45) is 0. The lowest BCUT2D eigenvalue weighted by Crippen LogP contribution is -2.33. The number of nitrogens with zero attached hydrogens (tertiary/aromatic N) is 1. The molecule has 0 bridgehead atoms. The second-order valence-corrected chi connectivity index (χ2v) is 3.96. The summed E-state index contributed by atoms with van der Waals surface area (Å²) in [6, 6.07) is 1.06. The molecule has 0 aliphatic heterocycles. The number of amides is 1. The Bertz CT molecular complexity index is 849. The number of nitrogen functional groups attached to an aromatic ring is 1. The Balaban J connectivity index is 3.05. The summed E-state index contributed by atoms with van der Waals surface area (Å²) in [5.74, 6) is 4.20. The summed E-state index contributed by atoms with van der Waals surface area (Å²) in [4.78, 5) is 49.0. The number of nitrogens with two attached hydrogens (primary N) is 1. The smallest absolute Gasteiger partial charge is 0.314 e. The van der Waals surface area contributed by atoms with Crippen molar-refractivity contribution >= 4 is 22.6 Å². The number of hydrazine groups is 1. The molecule has 10 heteroatoms. The van der Waals surface area contributed by atoms with E-state index in [1.165, 1.54) is 6.92 Å². The predicted molar refractivity (Wildman–Crippen MR) is 68.2 cm³/mol. The fraction of sp³-hybridized carbons (Fsp3) is 0.100. The van der Waals surface area contributed by atoms with E-state index in [0.717, 1.165) is 6.07 Å². The molecule has 0 saturated heterocycles. The SMILES string of the molecule is Cc1c([N+](=O)[O-])cc2[nH]c(=O)c(=O)[nH]c2c1C(=O)NN. The van der Waals surface area contributed by atoms with Crippen LogP contribution in [-0.4, -0.2) is 20.8 Å². The number of aromatic amines is 2. The number of H-pyrrole nitrogens is 2. The molecule has 0 aliphatic carbocycles. The van der Waals surface area contributed by atoms with Gasteiger partial charge in [0.1, 0.15) is 0 Å². The first-order valence-corrected chi connectivity index (χ1v) is 5.32. The first-order valence-electron chi connectivity index (χ1n) is 5.32. The minimum absolute atomic E-state index is 0.0214. The maximum absolute atomic E-state index is 11.7. The number of hydrogen-bond donors (Lipinski definition) is 4. The van der Waals surface area contributed by atoms with Gasteiger partial charge in [-0.1, -0.05) is 0 Å². The van der Waals surface area contributed by atoms with Crippen LogP contribution < -0.4 is 22.4 Å². The van der Waals surface area contributed by atoms with E-state index in [1.807, 2.05) is 5.43 Å². The van der Waals surface area contributed by atoms with E-state index in [-0.39, 0.29) is 27.8 Å². The topological polar surface area (TPSA) is 164 Å². The molecule has 104 valence electrons. The largest absolute Gasteiger partial charge is 0.316 e. The highest BCUT2D eigenvalue weighted by Crippen LogP contribution is 2.27. The molecule has 2 rings (SSSR count). The molecule has 0 aliphatic rings. The number of rotatable bonds is 2. The summed E-state index contributed by atoms with van der Waals surface area (Å²) in [6.45, 7) is 1.34. The second kappa shape index (κ2) is 4.59. The summed E-state index contributed by atoms with van der Waals surface area (Å²) in [5.41, 5.74) is -0.708. The molecule has 1 aromatic carbocycles. The molecular formula is C10H9N5O5. The summed E-state index contributed by atoms with van der Waals surface area (Å²) in [5, 5.41) is 11.0. The van der Waals surface area contributed by atoms with Gasteiger partial charge in [0.05, 0.1) is 21.5 Å². The number of nitro benzene ring substituents is 1. The highest BCUT2D eigenvalue weighted by Gasteiger charge is 2.23. The van der Waals surface area contributed by atoms with Crippen LogP contribution in [0.15, 0.2) is 15.7 Å². The van der Waals surface area contributed by atoms with Gasteiger partial charge in [-0.15, -0.1) is 0 Å². The lowest BCUT2D eigenvalue weighted by molar-refractivity contribution is -0.385. The summed E-state index contributed by atoms with van der Waals surface area (Å²) >= 11 is 0. The quantitative estimate of drug-likeness (QED) is 0.182. The van der Waals surface area contributed by atoms with Crippen LogP contribution in [0.5, 0.6) is 0 Å². The van der Waals surface area contributed by atoms with Crippen molar-refractivity contribution in [2.75, 3.05) is 0 Å². The Morgan fingerprint density at radius 3 is 2.50 bits per heavy atom. The zero-order chi connectivity index (χ0) is 15.0. The van der Waals surface area contributed by atoms with Gasteiger partial charge in [-0.25, -0.2) is 5.84 Å². The number of carbonyl (C=O) groups excluding carboxylic acids is 1. The average molecular weight is 279 g/mol. The molecule has 0 saturated carbocycles. The molecule has 1 heterocycles. The Morgan fingerprint density at radius 1 is 1.35 bits per heavy atom. The first-order chi connectivity index (χ1) is 9.36. The van der Waals surface area contributed by atoms with E-state index >= 15 is 0 Å². The maximum Gasteiger partial charge on any atom is 0.314 e. The van der Waals surface area contributed by atoms with Crippen LogP contribution >= 0.6 is 0 Å². The van der Waals surface area contributed by atoms with Crippen LogP contribution in [0.2, 0.25) is 0 Å². The number of benzene rings is 1. The van der Waals surface area contributed by atoms with Crippen molar-refractivity contribution in [3.63, 3.8) is 0 Å². The minimum Gasteiger partial charge on any atom is -0.316 e. The molecule has 0 unspecified atom stereocenters. The molecule has 5 N–H and O–H groups in total. The normalized spacial score (nSPS) is 10.5. The van der Waals surface area contributed by atoms with Gasteiger partial charge in [-0.3, -0.25) is 29.9 Å². The molecule has 20 heavy (non-hydrogen) atoms. The third kappa shape index (κ3) is 1.93. The average Bonchev–Trinajstić information content (AvgIpc) is 2.39. The number of carbonyl (C=O) groups is 1. The molecule has 0 fully saturated rings. The van der Waals surface area contributed by atoms with Crippen LogP contribution in [-0.2, 0) is 0 Å². The van der Waals surface area contributed by atoms with Gasteiger partial charge in [-0.05, 0) is 6.92 Å². The van der Waals surface area contributed by atoms with Crippen molar-refractivity contribution in [1.82, 2.24) is 15.4 Å². The highest BCUT2D eigenvalue weighted by molar-refractivity contribution is 6.07. The van der Waals surface area contributed by atoms with Gasteiger partial charge in [0.2, 0.25) is 0 Å². The number of aromatic nitrogens is 2. The Labute approximate surface area is 109 Å². The third-order valence-corrected chi connectivity index (χ3v) is 2.81. The van der Waals surface area contributed by atoms with Gasteiger partial charge in [0.15, 0.2) is 0 Å². The molecular weight excluding hydrogens is 270 g/mol. The van der Waals surface area contributed by atoms with Gasteiger partial charge >= 0.3 is 11.1 Å². The maximum atomic E-state index is 11.7. The van der Waals surface area contributed by atoms with Crippen molar-refractivity contribution in [2.45, 2.75) is 6.92 Å². The van der Waals surface area contributed by atoms with Crippen LogP contribution in [0.3, 0.4) is 0 Å². The van der Waals surface area contributed by atoms with Crippen molar-refractivity contribution < 1.29 is 9.72 Å². The number of fused-ring (bicyclic) bond motifs is 1. The van der Waals surface area contributed by atoms with E-state index < -0.39 is 21.9 Å². The van der Waals surface area contributed by atoms with Crippen LogP contribution in [0.4, 0.5) is 5.69 Å². The lowest BCUT2D eigenvalue weighted by atomic mass is 10.0. The first kappa shape index (κ1) is 13.4. The highest BCUT2D eigenvalue weighted by atomic mass is 16.6. The van der Waals surface area contributed by atoms with Crippen molar-refractivity contribution in [3.05, 3.63) is 48.0 Å². The molecule has 2 aromatic rings. The molecule has 0 radical (unpaired) electrons. The van der Waals surface area contributed by atoms with E-state index in [1.54, 1.807) is 0 Å². The standard InChI is InChI=1S/C10H9N5O5/c1-3-5(15(19)20)2-4-7(6(3)8(16)14-11)13-10(18)9(17)12-4/h2H,11H2,1H3,(H,12,17)(H,13,18)(H,14,16). The van der Waals surface area contributed by atoms with Crippen molar-refractivity contribution in [3.8, 4) is 0 Å². The third-order valence-electron chi connectivity index (χ3n) is 2.81. The molecule has 0 spiro atoms. The van der Waals surface area contributed by atoms with Crippen LogP contribution in [0.1, 0.15) is 15.9 Å². The molecule has 1 aromatic heterocycles. The number of nitro groups is 1. The zero-order valence-corrected chi connectivity index (χ0v) is 10.1. The van der Waals surface area contributed by atoms with Crippen molar-refractivity contribution in [1.29, 1.82) is 0 Å². The van der Waals surface area contributed by atoms with Gasteiger partial charge in [0, 0.05) is 11.6 Å². The fourth-order valence-corrected chi connectivity index (χ4v) is 1.89. The predicted octanol–water partition coefficient (Wildman–Crippen LogP) is -0.963. The lowest BCUT2D eigenvalue weighted by Gasteiger charge is -2.08. The van der Waals surface area contributed by atoms with E-state index in [0.29, 0.717) is 0 Å². The summed E-state index contributed by atoms with van der Waals surface area (Å²) in [7, 11) is 0. The summed E-state index contributed by atoms with van der Waals surface area (Å²) < 4.78 is 0. The number of hydrogen-bond acceptors (Lipinski definition) is 6. The molecule has 1 amide bonds. The van der Waals surface area contributed by atoms with E-state index in [2.05, 4.69) is 9.97 Å². The monoisotopic (exact) mass is 279 g/mol. The van der Waals surface area contributed by atoms with Gasteiger partial charge in [-0.2, -0.15) is 0 Å². The Hall–Kier alpha value is -3.01.